The summed E-state index contributed by atoms with van der Waals surface area (Å²) in [6.45, 7) is 0. The van der Waals surface area contributed by atoms with Gasteiger partial charge in [0, 0.05) is 0 Å². The van der Waals surface area contributed by atoms with E-state index in [1.807, 2.05) is 0 Å². The topological polar surface area (TPSA) is 66.9 Å². The summed E-state index contributed by atoms with van der Waals surface area (Å²) in [7, 11) is 0. The van der Waals surface area contributed by atoms with Gasteiger partial charge in [-0.1, -0.05) is 0 Å². The molecule has 0 amide bonds. The maximum absolute atomic E-state index is 9.23. The van der Waals surface area contributed by atoms with Crippen molar-refractivity contribution in [2.75, 3.05) is 0 Å². The molecule has 0 aromatic carbocycles. The first-order valence-corrected chi connectivity index (χ1v) is 2.99. The van der Waals surface area contributed by atoms with Crippen LogP contribution in [0.5, 0.6) is 0 Å². The number of nitro groups is 1. The van der Waals surface area contributed by atoms with Crippen LogP contribution in [0.4, 0.5) is 0 Å². The Morgan fingerprint density at radius 1 is 2.00 bits per heavy atom. The molecule has 0 unspecified atom stereocenters. The molecular formula is CIN2O2-. The Kier molecular flexibility index (Phi) is 2.66. The summed E-state index contributed by atoms with van der Waals surface area (Å²) >= 11 is -1.40. The van der Waals surface area contributed by atoms with Crippen LogP contribution in [0.25, 0.3) is 0 Å². The fraction of sp³-hybridized carbons (Fsp3) is 0. The average Bonchev–Trinajstić information content (AvgIpc) is 1.35. The van der Waals surface area contributed by atoms with Crippen LogP contribution in [0.2, 0.25) is 0 Å². The zero-order chi connectivity index (χ0) is 4.99. The summed E-state index contributed by atoms with van der Waals surface area (Å²) in [6.07, 6.45) is 0. The maximum atomic E-state index is 9.23. The van der Waals surface area contributed by atoms with Gasteiger partial charge in [0.2, 0.25) is 0 Å². The Morgan fingerprint density at radius 2 is 2.50 bits per heavy atom. The molecule has 0 aliphatic heterocycles. The Morgan fingerprint density at radius 3 is 2.50 bits per heavy atom. The van der Waals surface area contributed by atoms with Crippen LogP contribution in [0.3, 0.4) is 0 Å². The van der Waals surface area contributed by atoms with Gasteiger partial charge < -0.3 is 0 Å². The van der Waals surface area contributed by atoms with Crippen LogP contribution < -0.4 is 21.5 Å². The van der Waals surface area contributed by atoms with Gasteiger partial charge in [0.25, 0.3) is 0 Å². The third-order valence-corrected chi connectivity index (χ3v) is 0.716. The molecular weight excluding hydrogens is 199 g/mol. The molecule has 0 saturated carbocycles. The second-order valence-electron chi connectivity index (χ2n) is 0.382. The summed E-state index contributed by atoms with van der Waals surface area (Å²) in [5.41, 5.74) is 0. The van der Waals surface area contributed by atoms with Crippen molar-refractivity contribution in [3.63, 3.8) is 0 Å². The van der Waals surface area contributed by atoms with Gasteiger partial charge in [-0.25, -0.2) is 0 Å². The molecule has 0 saturated heterocycles. The van der Waals surface area contributed by atoms with Crippen molar-refractivity contribution >= 4 is 0 Å². The van der Waals surface area contributed by atoms with E-state index < -0.39 is 24.6 Å². The molecule has 0 rings (SSSR count). The zero-order valence-electron chi connectivity index (χ0n) is 2.59. The van der Waals surface area contributed by atoms with Crippen LogP contribution >= 0.6 is 0 Å². The van der Waals surface area contributed by atoms with Gasteiger partial charge in [-0.05, 0) is 0 Å². The summed E-state index contributed by atoms with van der Waals surface area (Å²) in [6, 6.07) is 0. The summed E-state index contributed by atoms with van der Waals surface area (Å²) in [4.78, 5) is 9.23. The number of hydrogen-bond donors (Lipinski definition) is 0. The van der Waals surface area contributed by atoms with Crippen molar-refractivity contribution in [2.24, 2.45) is 0 Å². The zero-order valence-corrected chi connectivity index (χ0v) is 4.75. The summed E-state index contributed by atoms with van der Waals surface area (Å²) in [5, 5.41) is 16.8. The van der Waals surface area contributed by atoms with Crippen LogP contribution in [0.15, 0.2) is 0 Å². The molecule has 34 valence electrons. The molecule has 0 aromatic heterocycles. The van der Waals surface area contributed by atoms with Gasteiger partial charge >= 0.3 is 44.1 Å². The molecule has 0 N–H and O–H groups in total. The fourth-order valence-corrected chi connectivity index (χ4v) is 0.207. The molecule has 4 nitrogen and oxygen atoms in total. The third-order valence-electron chi connectivity index (χ3n) is 0.107. The second-order valence-corrected chi connectivity index (χ2v) is 2.13. The van der Waals surface area contributed by atoms with Crippen LogP contribution in [-0.4, -0.2) is 3.14 Å². The van der Waals surface area contributed by atoms with E-state index in [-0.39, 0.29) is 0 Å². The Labute approximate surface area is 44.5 Å². The van der Waals surface area contributed by atoms with Crippen LogP contribution in [-0.2, 0) is 0 Å². The Hall–Kier alpha value is -0.380. The van der Waals surface area contributed by atoms with E-state index in [2.05, 4.69) is 0 Å². The molecule has 0 heterocycles. The summed E-state index contributed by atoms with van der Waals surface area (Å²) < 4.78 is 0.908. The quantitative estimate of drug-likeness (QED) is 0.193. The van der Waals surface area contributed by atoms with E-state index in [9.17, 15) is 10.1 Å². The van der Waals surface area contributed by atoms with Crippen LogP contribution in [0, 0.1) is 19.5 Å². The number of nitriles is 1. The van der Waals surface area contributed by atoms with Gasteiger partial charge in [-0.15, -0.1) is 0 Å². The van der Waals surface area contributed by atoms with Gasteiger partial charge in [0.15, 0.2) is 0 Å². The first-order valence-electron chi connectivity index (χ1n) is 0.947. The normalized spacial score (nSPS) is 7.17. The molecule has 0 aromatic rings. The SMILES string of the molecule is N#C[I-][N+](=O)[O-]. The Balaban J connectivity index is 3.13. The second kappa shape index (κ2) is 2.84. The number of hydrogen-bond acceptors (Lipinski definition) is 3. The molecule has 0 fully saturated rings. The van der Waals surface area contributed by atoms with Crippen molar-refractivity contribution in [3.05, 3.63) is 10.1 Å². The van der Waals surface area contributed by atoms with E-state index in [1.165, 1.54) is 4.08 Å². The summed E-state index contributed by atoms with van der Waals surface area (Å²) in [5.74, 6) is 0. The fourth-order valence-electron chi connectivity index (χ4n) is 0.0309. The molecule has 0 aliphatic carbocycles. The number of rotatable bonds is 1. The average molecular weight is 199 g/mol. The molecule has 0 spiro atoms. The first kappa shape index (κ1) is 5.62. The van der Waals surface area contributed by atoms with Crippen molar-refractivity contribution < 1.29 is 24.6 Å². The van der Waals surface area contributed by atoms with Crippen molar-refractivity contribution in [1.82, 2.24) is 0 Å². The predicted molar refractivity (Wildman–Crippen MR) is 12.6 cm³/mol. The minimum absolute atomic E-state index is 0.571. The van der Waals surface area contributed by atoms with Gasteiger partial charge in [0.05, 0.1) is 0 Å². The molecule has 0 atom stereocenters. The molecule has 5 heteroatoms. The van der Waals surface area contributed by atoms with E-state index in [4.69, 9.17) is 5.26 Å². The number of halogens is 1. The van der Waals surface area contributed by atoms with Crippen molar-refractivity contribution in [2.45, 2.75) is 0 Å². The Bertz CT molecular complexity index is 94.2. The molecule has 0 radical (unpaired) electrons. The van der Waals surface area contributed by atoms with Crippen molar-refractivity contribution in [1.29, 1.82) is 5.26 Å². The van der Waals surface area contributed by atoms with E-state index >= 15 is 0 Å². The van der Waals surface area contributed by atoms with E-state index in [1.54, 1.807) is 0 Å². The molecule has 0 bridgehead atoms. The molecule has 6 heavy (non-hydrogen) atoms. The van der Waals surface area contributed by atoms with Gasteiger partial charge in [-0.3, -0.25) is 0 Å². The minimum atomic E-state index is -1.40. The predicted octanol–water partition coefficient (Wildman–Crippen LogP) is -3.25. The third kappa shape index (κ3) is 3.62. The van der Waals surface area contributed by atoms with Gasteiger partial charge in [-0.2, -0.15) is 0 Å². The monoisotopic (exact) mass is 199 g/mol. The van der Waals surface area contributed by atoms with E-state index in [0.717, 1.165) is 0 Å². The van der Waals surface area contributed by atoms with Crippen LogP contribution in [0.1, 0.15) is 0 Å². The standard InChI is InChI=1S/CIN2O2/c3-1-2-4(5)6/q-1. The van der Waals surface area contributed by atoms with Crippen molar-refractivity contribution in [3.8, 4) is 4.08 Å². The van der Waals surface area contributed by atoms with Gasteiger partial charge in [0.1, 0.15) is 0 Å². The van der Waals surface area contributed by atoms with E-state index in [0.29, 0.717) is 0 Å². The first-order chi connectivity index (χ1) is 2.77. The number of nitrogens with zero attached hydrogens (tertiary/aromatic N) is 2. The molecule has 0 aliphatic rings.